The molecular weight excluding hydrogens is 284 g/mol. The summed E-state index contributed by atoms with van der Waals surface area (Å²) in [6.45, 7) is 2.63. The van der Waals surface area contributed by atoms with Gasteiger partial charge in [0.05, 0.1) is 18.6 Å². The topological polar surface area (TPSA) is 121 Å². The van der Waals surface area contributed by atoms with Crippen LogP contribution in [0.5, 0.6) is 0 Å². The Morgan fingerprint density at radius 2 is 1.85 bits per heavy atom. The monoisotopic (exact) mass is 306 g/mol. The van der Waals surface area contributed by atoms with Crippen molar-refractivity contribution in [1.29, 1.82) is 0 Å². The first-order chi connectivity index (χ1) is 9.22. The first-order valence-corrected chi connectivity index (χ1v) is 7.63. The molecule has 0 saturated heterocycles. The Morgan fingerprint density at radius 3 is 2.25 bits per heavy atom. The molecule has 0 aromatic heterocycles. The number of amides is 2. The minimum Gasteiger partial charge on any atom is -0.480 e. The van der Waals surface area contributed by atoms with Crippen molar-refractivity contribution in [2.45, 2.75) is 44.9 Å². The van der Waals surface area contributed by atoms with Gasteiger partial charge in [-0.05, 0) is 32.3 Å². The third kappa shape index (κ3) is 5.89. The predicted octanol–water partition coefficient (Wildman–Crippen LogP) is -0.334. The van der Waals surface area contributed by atoms with Gasteiger partial charge in [0.15, 0.2) is 0 Å². The number of aliphatic hydroxyl groups excluding tert-OH is 1. The van der Waals surface area contributed by atoms with E-state index in [-0.39, 0.29) is 6.42 Å². The van der Waals surface area contributed by atoms with Crippen LogP contribution in [-0.2, 0) is 14.4 Å². The summed E-state index contributed by atoms with van der Waals surface area (Å²) in [5.74, 6) is -2.12. The van der Waals surface area contributed by atoms with Crippen LogP contribution in [0.25, 0.3) is 0 Å². The van der Waals surface area contributed by atoms with Gasteiger partial charge < -0.3 is 15.9 Å². The van der Waals surface area contributed by atoms with Crippen LogP contribution in [-0.4, -0.2) is 63.1 Å². The van der Waals surface area contributed by atoms with Crippen molar-refractivity contribution in [3.63, 3.8) is 0 Å². The molecule has 0 heterocycles. The third-order valence-electron chi connectivity index (χ3n) is 2.67. The van der Waals surface area contributed by atoms with Crippen LogP contribution >= 0.6 is 11.8 Å². The minimum absolute atomic E-state index is 0.321. The number of carbonyl (C=O) groups is 3. The molecule has 0 bridgehead atoms. The fraction of sp³-hybridized carbons (Fsp3) is 0.750. The number of aliphatic hydroxyl groups is 1. The zero-order valence-corrected chi connectivity index (χ0v) is 12.7. The standard InChI is InChI=1S/C12H22N2O5S/c1-7(15)6-10(16)14(8(2)12(18)19)11(17)9(13)4-5-20-3/h7-9,15H,4-6,13H2,1-3H3,(H,18,19). The third-order valence-corrected chi connectivity index (χ3v) is 3.31. The van der Waals surface area contributed by atoms with Crippen LogP contribution in [0, 0.1) is 0 Å². The van der Waals surface area contributed by atoms with E-state index in [2.05, 4.69) is 0 Å². The molecule has 0 aromatic carbocycles. The molecule has 7 nitrogen and oxygen atoms in total. The average molecular weight is 306 g/mol. The molecule has 0 aliphatic rings. The smallest absolute Gasteiger partial charge is 0.326 e. The quantitative estimate of drug-likeness (QED) is 0.561. The number of aliphatic carboxylic acids is 1. The molecule has 0 saturated carbocycles. The second-order valence-corrected chi connectivity index (χ2v) is 5.54. The minimum atomic E-state index is -1.31. The summed E-state index contributed by atoms with van der Waals surface area (Å²) in [5.41, 5.74) is 5.70. The van der Waals surface area contributed by atoms with E-state index >= 15 is 0 Å². The molecule has 0 spiro atoms. The SMILES string of the molecule is CSCCC(N)C(=O)N(C(=O)CC(C)O)C(C)C(=O)O. The van der Waals surface area contributed by atoms with E-state index < -0.39 is 36.0 Å². The number of imide groups is 1. The number of thioether (sulfide) groups is 1. The first-order valence-electron chi connectivity index (χ1n) is 6.23. The van der Waals surface area contributed by atoms with Gasteiger partial charge in [0.25, 0.3) is 0 Å². The molecular formula is C12H22N2O5S. The average Bonchev–Trinajstić information content (AvgIpc) is 2.34. The Morgan fingerprint density at radius 1 is 1.30 bits per heavy atom. The molecule has 3 atom stereocenters. The number of nitrogens with two attached hydrogens (primary N) is 1. The van der Waals surface area contributed by atoms with Crippen LogP contribution in [0.4, 0.5) is 0 Å². The van der Waals surface area contributed by atoms with Crippen molar-refractivity contribution in [3.8, 4) is 0 Å². The van der Waals surface area contributed by atoms with E-state index in [0.717, 1.165) is 0 Å². The lowest BCUT2D eigenvalue weighted by atomic mass is 10.1. The lowest BCUT2D eigenvalue weighted by Gasteiger charge is -2.27. The van der Waals surface area contributed by atoms with Gasteiger partial charge in [0, 0.05) is 0 Å². The van der Waals surface area contributed by atoms with Gasteiger partial charge in [-0.25, -0.2) is 4.79 Å². The van der Waals surface area contributed by atoms with Crippen molar-refractivity contribution in [2.75, 3.05) is 12.0 Å². The van der Waals surface area contributed by atoms with E-state index in [4.69, 9.17) is 10.8 Å². The number of carbonyl (C=O) groups excluding carboxylic acids is 2. The molecule has 20 heavy (non-hydrogen) atoms. The number of hydrogen-bond acceptors (Lipinski definition) is 6. The number of carboxylic acid groups (broad SMARTS) is 1. The summed E-state index contributed by atoms with van der Waals surface area (Å²) in [5, 5.41) is 18.2. The Balaban J connectivity index is 5.06. The van der Waals surface area contributed by atoms with E-state index in [1.54, 1.807) is 0 Å². The zero-order valence-electron chi connectivity index (χ0n) is 11.9. The van der Waals surface area contributed by atoms with E-state index in [9.17, 15) is 19.5 Å². The summed E-state index contributed by atoms with van der Waals surface area (Å²) in [7, 11) is 0. The molecule has 0 radical (unpaired) electrons. The van der Waals surface area contributed by atoms with Crippen LogP contribution in [0.2, 0.25) is 0 Å². The van der Waals surface area contributed by atoms with Gasteiger partial charge >= 0.3 is 5.97 Å². The van der Waals surface area contributed by atoms with E-state index in [1.165, 1.54) is 25.6 Å². The molecule has 8 heteroatoms. The number of carboxylic acids is 1. The second-order valence-electron chi connectivity index (χ2n) is 4.56. The molecule has 3 unspecified atom stereocenters. The molecule has 0 rings (SSSR count). The molecule has 116 valence electrons. The number of nitrogens with zero attached hydrogens (tertiary/aromatic N) is 1. The Bertz CT molecular complexity index is 362. The summed E-state index contributed by atoms with van der Waals surface area (Å²) in [4.78, 5) is 35.7. The lowest BCUT2D eigenvalue weighted by molar-refractivity contribution is -0.158. The maximum absolute atomic E-state index is 12.1. The highest BCUT2D eigenvalue weighted by molar-refractivity contribution is 7.98. The Kier molecular flexibility index (Phi) is 8.43. The maximum Gasteiger partial charge on any atom is 0.326 e. The largest absolute Gasteiger partial charge is 0.480 e. The van der Waals surface area contributed by atoms with Crippen molar-refractivity contribution in [2.24, 2.45) is 5.73 Å². The molecule has 0 aromatic rings. The van der Waals surface area contributed by atoms with Gasteiger partial charge in [-0.2, -0.15) is 11.8 Å². The van der Waals surface area contributed by atoms with Crippen LogP contribution in [0.15, 0.2) is 0 Å². The lowest BCUT2D eigenvalue weighted by Crippen LogP contribution is -2.53. The van der Waals surface area contributed by atoms with Crippen LogP contribution in [0.1, 0.15) is 26.7 Å². The van der Waals surface area contributed by atoms with Crippen LogP contribution in [0.3, 0.4) is 0 Å². The second kappa shape index (κ2) is 8.93. The maximum atomic E-state index is 12.1. The van der Waals surface area contributed by atoms with Crippen molar-refractivity contribution in [3.05, 3.63) is 0 Å². The summed E-state index contributed by atoms with van der Waals surface area (Å²) >= 11 is 1.50. The molecule has 0 aliphatic heterocycles. The fourth-order valence-corrected chi connectivity index (χ4v) is 2.03. The molecule has 2 amide bonds. The summed E-state index contributed by atoms with van der Waals surface area (Å²) in [6, 6.07) is -2.24. The van der Waals surface area contributed by atoms with Gasteiger partial charge in [-0.1, -0.05) is 0 Å². The number of rotatable bonds is 8. The molecule has 4 N–H and O–H groups in total. The van der Waals surface area contributed by atoms with Crippen molar-refractivity contribution >= 4 is 29.5 Å². The molecule has 0 fully saturated rings. The highest BCUT2D eigenvalue weighted by atomic mass is 32.2. The predicted molar refractivity (Wildman–Crippen MR) is 76.2 cm³/mol. The summed E-state index contributed by atoms with van der Waals surface area (Å²) < 4.78 is 0. The van der Waals surface area contributed by atoms with Gasteiger partial charge in [-0.3, -0.25) is 14.5 Å². The van der Waals surface area contributed by atoms with Gasteiger partial charge in [0.2, 0.25) is 11.8 Å². The van der Waals surface area contributed by atoms with Crippen molar-refractivity contribution < 1.29 is 24.6 Å². The fourth-order valence-electron chi connectivity index (χ4n) is 1.54. The Labute approximate surface area is 122 Å². The Hall–Kier alpha value is -1.12. The van der Waals surface area contributed by atoms with Crippen LogP contribution < -0.4 is 5.73 Å². The zero-order chi connectivity index (χ0) is 15.9. The van der Waals surface area contributed by atoms with Gasteiger partial charge in [-0.15, -0.1) is 0 Å². The summed E-state index contributed by atoms with van der Waals surface area (Å²) in [6.07, 6.45) is 0.929. The number of hydrogen-bond donors (Lipinski definition) is 3. The highest BCUT2D eigenvalue weighted by Gasteiger charge is 2.34. The highest BCUT2D eigenvalue weighted by Crippen LogP contribution is 2.10. The molecule has 0 aliphatic carbocycles. The first kappa shape index (κ1) is 18.9. The van der Waals surface area contributed by atoms with E-state index in [1.807, 2.05) is 6.26 Å². The normalized spacial score (nSPS) is 15.2. The van der Waals surface area contributed by atoms with E-state index in [0.29, 0.717) is 17.1 Å². The van der Waals surface area contributed by atoms with Gasteiger partial charge in [0.1, 0.15) is 6.04 Å². The van der Waals surface area contributed by atoms with Crippen molar-refractivity contribution in [1.82, 2.24) is 4.90 Å².